The summed E-state index contributed by atoms with van der Waals surface area (Å²) in [5.41, 5.74) is 9.24. The van der Waals surface area contributed by atoms with E-state index in [1.807, 2.05) is 42.5 Å². The summed E-state index contributed by atoms with van der Waals surface area (Å²) in [4.78, 5) is 13.7. The van der Waals surface area contributed by atoms with E-state index in [9.17, 15) is 4.79 Å². The maximum atomic E-state index is 11.2. The Kier molecular flexibility index (Phi) is 3.03. The van der Waals surface area contributed by atoms with Crippen LogP contribution in [0.5, 0.6) is 0 Å². The molecule has 1 aliphatic carbocycles. The normalized spacial score (nSPS) is 22.8. The van der Waals surface area contributed by atoms with Gasteiger partial charge in [-0.2, -0.15) is 0 Å². The number of carbonyl (C=O) groups excluding carboxylic acids is 1. The fraction of sp³-hybridized carbons (Fsp3) is 0.250. The highest BCUT2D eigenvalue weighted by Crippen LogP contribution is 2.41. The van der Waals surface area contributed by atoms with Crippen LogP contribution in [0.1, 0.15) is 12.0 Å². The van der Waals surface area contributed by atoms with Crippen LogP contribution in [0.2, 0.25) is 0 Å². The maximum Gasteiger partial charge on any atom is 0.222 e. The van der Waals surface area contributed by atoms with Crippen molar-refractivity contribution in [2.24, 2.45) is 17.0 Å². The van der Waals surface area contributed by atoms with E-state index in [1.54, 1.807) is 0 Å². The van der Waals surface area contributed by atoms with E-state index >= 15 is 0 Å². The molecular weight excluding hydrogens is 202 g/mol. The number of amides is 1. The monoisotopic (exact) mass is 213 g/mol. The van der Waals surface area contributed by atoms with Gasteiger partial charge in [-0.1, -0.05) is 42.5 Å². The van der Waals surface area contributed by atoms with E-state index < -0.39 is 0 Å². The molecule has 16 heavy (non-hydrogen) atoms. The summed E-state index contributed by atoms with van der Waals surface area (Å²) in [7, 11) is 0. The lowest BCUT2D eigenvalue weighted by Crippen LogP contribution is -1.95. The van der Waals surface area contributed by atoms with E-state index in [0.29, 0.717) is 0 Å². The molecule has 1 aromatic carbocycles. The van der Waals surface area contributed by atoms with Crippen LogP contribution in [-0.2, 0) is 4.79 Å². The zero-order valence-corrected chi connectivity index (χ0v) is 8.65. The van der Waals surface area contributed by atoms with Crippen molar-refractivity contribution in [3.05, 3.63) is 52.4 Å². The van der Waals surface area contributed by atoms with Crippen LogP contribution in [0.4, 0.5) is 0 Å². The third-order valence-electron chi connectivity index (χ3n) is 2.64. The SMILES string of the molecule is [N-]=[N+]=NC(=O)C1CC1/C=C\c1ccccc1. The lowest BCUT2D eigenvalue weighted by atomic mass is 10.2. The van der Waals surface area contributed by atoms with Crippen LogP contribution in [-0.4, -0.2) is 5.91 Å². The van der Waals surface area contributed by atoms with Gasteiger partial charge in [0.25, 0.3) is 0 Å². The first-order chi connectivity index (χ1) is 7.81. The van der Waals surface area contributed by atoms with Crippen LogP contribution in [0, 0.1) is 11.8 Å². The molecule has 1 saturated carbocycles. The molecule has 0 spiro atoms. The quantitative estimate of drug-likeness (QED) is 0.432. The summed E-state index contributed by atoms with van der Waals surface area (Å²) in [6.07, 6.45) is 4.79. The summed E-state index contributed by atoms with van der Waals surface area (Å²) >= 11 is 0. The smallest absolute Gasteiger partial charge is 0.222 e. The fourth-order valence-corrected chi connectivity index (χ4v) is 1.63. The molecule has 1 aliphatic rings. The van der Waals surface area contributed by atoms with Crippen LogP contribution in [0.15, 0.2) is 41.5 Å². The highest BCUT2D eigenvalue weighted by Gasteiger charge is 2.40. The summed E-state index contributed by atoms with van der Waals surface area (Å²) in [6.45, 7) is 0. The summed E-state index contributed by atoms with van der Waals surface area (Å²) in [5, 5.41) is 3.10. The van der Waals surface area contributed by atoms with Gasteiger partial charge >= 0.3 is 0 Å². The third-order valence-corrected chi connectivity index (χ3v) is 2.64. The van der Waals surface area contributed by atoms with Crippen molar-refractivity contribution in [2.45, 2.75) is 6.42 Å². The Balaban J connectivity index is 1.92. The highest BCUT2D eigenvalue weighted by atomic mass is 16.2. The number of allylic oxidation sites excluding steroid dienone is 1. The van der Waals surface area contributed by atoms with Gasteiger partial charge in [0.1, 0.15) is 0 Å². The van der Waals surface area contributed by atoms with Gasteiger partial charge in [0, 0.05) is 10.8 Å². The van der Waals surface area contributed by atoms with Gasteiger partial charge in [0.2, 0.25) is 5.91 Å². The van der Waals surface area contributed by atoms with E-state index in [0.717, 1.165) is 12.0 Å². The Morgan fingerprint density at radius 3 is 2.88 bits per heavy atom. The average Bonchev–Trinajstić information content (AvgIpc) is 3.08. The number of nitrogens with zero attached hydrogens (tertiary/aromatic N) is 3. The summed E-state index contributed by atoms with van der Waals surface area (Å²) in [6, 6.07) is 9.90. The number of carbonyl (C=O) groups is 1. The van der Waals surface area contributed by atoms with Crippen molar-refractivity contribution in [2.75, 3.05) is 0 Å². The maximum absolute atomic E-state index is 11.2. The number of azide groups is 1. The lowest BCUT2D eigenvalue weighted by molar-refractivity contribution is -0.119. The van der Waals surface area contributed by atoms with Gasteiger partial charge in [0.05, 0.1) is 0 Å². The van der Waals surface area contributed by atoms with Crippen molar-refractivity contribution >= 4 is 12.0 Å². The Morgan fingerprint density at radius 1 is 1.44 bits per heavy atom. The number of hydrogen-bond acceptors (Lipinski definition) is 1. The van der Waals surface area contributed by atoms with Crippen LogP contribution < -0.4 is 0 Å². The molecule has 1 amide bonds. The topological polar surface area (TPSA) is 65.8 Å². The van der Waals surface area contributed by atoms with Crippen molar-refractivity contribution in [3.8, 4) is 0 Å². The molecule has 0 aromatic heterocycles. The highest BCUT2D eigenvalue weighted by molar-refractivity contribution is 5.82. The Bertz CT molecular complexity index is 460. The van der Waals surface area contributed by atoms with E-state index in [4.69, 9.17) is 5.53 Å². The number of benzene rings is 1. The molecule has 0 N–H and O–H groups in total. The molecule has 4 nitrogen and oxygen atoms in total. The molecule has 1 aromatic rings. The molecule has 4 heteroatoms. The predicted molar refractivity (Wildman–Crippen MR) is 61.2 cm³/mol. The molecule has 1 fully saturated rings. The number of hydrogen-bond donors (Lipinski definition) is 0. The average molecular weight is 213 g/mol. The second kappa shape index (κ2) is 4.64. The molecule has 2 atom stereocenters. The van der Waals surface area contributed by atoms with E-state index in [2.05, 4.69) is 10.0 Å². The zero-order chi connectivity index (χ0) is 11.4. The Hall–Kier alpha value is -2.06. The van der Waals surface area contributed by atoms with Gasteiger partial charge in [-0.25, -0.2) is 0 Å². The first-order valence-electron chi connectivity index (χ1n) is 5.13. The first-order valence-corrected chi connectivity index (χ1v) is 5.13. The third kappa shape index (κ3) is 2.49. The molecule has 0 radical (unpaired) electrons. The lowest BCUT2D eigenvalue weighted by Gasteiger charge is -1.91. The zero-order valence-electron chi connectivity index (χ0n) is 8.65. The molecule has 0 bridgehead atoms. The summed E-state index contributed by atoms with van der Waals surface area (Å²) in [5.74, 6) is -0.209. The first kappa shape index (κ1) is 10.5. The Morgan fingerprint density at radius 2 is 2.19 bits per heavy atom. The van der Waals surface area contributed by atoms with Gasteiger partial charge in [-0.05, 0) is 28.5 Å². The minimum atomic E-state index is -0.342. The van der Waals surface area contributed by atoms with Crippen molar-refractivity contribution in [3.63, 3.8) is 0 Å². The van der Waals surface area contributed by atoms with Gasteiger partial charge < -0.3 is 0 Å². The van der Waals surface area contributed by atoms with Crippen molar-refractivity contribution in [1.29, 1.82) is 0 Å². The molecular formula is C12H11N3O. The predicted octanol–water partition coefficient (Wildman–Crippen LogP) is 3.17. The van der Waals surface area contributed by atoms with Crippen LogP contribution in [0.3, 0.4) is 0 Å². The van der Waals surface area contributed by atoms with E-state index in [-0.39, 0.29) is 17.7 Å². The molecule has 2 unspecified atom stereocenters. The minimum Gasteiger partial charge on any atom is -0.292 e. The van der Waals surface area contributed by atoms with Crippen molar-refractivity contribution < 1.29 is 4.79 Å². The largest absolute Gasteiger partial charge is 0.292 e. The Labute approximate surface area is 93.2 Å². The molecule has 0 saturated heterocycles. The standard InChI is InChI=1S/C12H11N3O/c13-15-14-12(16)11-8-10(11)7-6-9-4-2-1-3-5-9/h1-7,10-11H,8H2/b7-6-. The van der Waals surface area contributed by atoms with Gasteiger partial charge in [0.15, 0.2) is 0 Å². The molecule has 2 rings (SSSR count). The fourth-order valence-electron chi connectivity index (χ4n) is 1.63. The second-order valence-corrected chi connectivity index (χ2v) is 3.80. The van der Waals surface area contributed by atoms with E-state index in [1.165, 1.54) is 0 Å². The van der Waals surface area contributed by atoms with Crippen molar-refractivity contribution in [1.82, 2.24) is 0 Å². The van der Waals surface area contributed by atoms with Gasteiger partial charge in [-0.3, -0.25) is 4.79 Å². The number of rotatable bonds is 3. The summed E-state index contributed by atoms with van der Waals surface area (Å²) < 4.78 is 0. The van der Waals surface area contributed by atoms with Crippen LogP contribution >= 0.6 is 0 Å². The molecule has 80 valence electrons. The van der Waals surface area contributed by atoms with Crippen LogP contribution in [0.25, 0.3) is 16.5 Å². The molecule has 0 aliphatic heterocycles. The van der Waals surface area contributed by atoms with Gasteiger partial charge in [-0.15, -0.1) is 0 Å². The molecule has 0 heterocycles. The minimum absolute atomic E-state index is 0.101. The second-order valence-electron chi connectivity index (χ2n) is 3.80.